The third-order valence-electron chi connectivity index (χ3n) is 5.00. The second kappa shape index (κ2) is 6.75. The van der Waals surface area contributed by atoms with Gasteiger partial charge in [-0.15, -0.1) is 11.3 Å². The molecule has 4 nitrogen and oxygen atoms in total. The van der Waals surface area contributed by atoms with E-state index >= 15 is 0 Å². The normalized spacial score (nSPS) is 18.0. The van der Waals surface area contributed by atoms with Gasteiger partial charge in [0, 0.05) is 17.0 Å². The minimum absolute atomic E-state index is 0.568. The van der Waals surface area contributed by atoms with E-state index in [0.29, 0.717) is 13.2 Å². The zero-order chi connectivity index (χ0) is 16.5. The highest BCUT2D eigenvalue weighted by atomic mass is 32.1. The van der Waals surface area contributed by atoms with Crippen LogP contribution < -0.4 is 9.64 Å². The minimum atomic E-state index is 0.568. The Labute approximate surface area is 147 Å². The molecule has 2 aromatic rings. The second-order valence-electron chi connectivity index (χ2n) is 6.70. The zero-order valence-corrected chi connectivity index (χ0v) is 14.9. The van der Waals surface area contributed by atoms with Crippen LogP contribution in [0.1, 0.15) is 40.8 Å². The van der Waals surface area contributed by atoms with Crippen LogP contribution in [0.15, 0.2) is 24.3 Å². The van der Waals surface area contributed by atoms with Crippen molar-refractivity contribution in [1.29, 1.82) is 0 Å². The van der Waals surface area contributed by atoms with Gasteiger partial charge in [0.1, 0.15) is 5.75 Å². The quantitative estimate of drug-likeness (QED) is 0.847. The lowest BCUT2D eigenvalue weighted by Crippen LogP contribution is -2.39. The summed E-state index contributed by atoms with van der Waals surface area (Å²) in [6.07, 6.45) is 6.28. The Bertz CT molecular complexity index is 711. The summed E-state index contributed by atoms with van der Waals surface area (Å²) in [7, 11) is 1.69. The Balaban J connectivity index is 1.63. The Morgan fingerprint density at radius 1 is 1.08 bits per heavy atom. The molecule has 0 bridgehead atoms. The van der Waals surface area contributed by atoms with Crippen LogP contribution in [0.2, 0.25) is 0 Å². The molecule has 0 amide bonds. The summed E-state index contributed by atoms with van der Waals surface area (Å²) < 4.78 is 5.24. The van der Waals surface area contributed by atoms with E-state index in [2.05, 4.69) is 17.0 Å². The molecule has 1 N–H and O–H groups in total. The van der Waals surface area contributed by atoms with Gasteiger partial charge in [0.2, 0.25) is 0 Å². The third kappa shape index (κ3) is 3.04. The van der Waals surface area contributed by atoms with Crippen LogP contribution in [-0.2, 0) is 25.9 Å². The van der Waals surface area contributed by atoms with Crippen molar-refractivity contribution in [1.82, 2.24) is 5.06 Å². The predicted octanol–water partition coefficient (Wildman–Crippen LogP) is 4.19. The summed E-state index contributed by atoms with van der Waals surface area (Å²) in [5.74, 6) is 0.879. The van der Waals surface area contributed by atoms with E-state index in [4.69, 9.17) is 4.74 Å². The summed E-state index contributed by atoms with van der Waals surface area (Å²) >= 11 is 1.95. The standard InChI is InChI=1S/C19H24N2O2S/c1-23-15-9-7-14(8-10-15)11-20-13-21(22)12-17-16-5-3-2-4-6-18(16)24-19(17)20/h7-10,22H,2-6,11-13H2,1H3. The highest BCUT2D eigenvalue weighted by Crippen LogP contribution is 2.42. The molecule has 128 valence electrons. The first-order valence-electron chi connectivity index (χ1n) is 8.69. The van der Waals surface area contributed by atoms with E-state index < -0.39 is 0 Å². The first-order valence-corrected chi connectivity index (χ1v) is 9.51. The van der Waals surface area contributed by atoms with Gasteiger partial charge >= 0.3 is 0 Å². The maximum atomic E-state index is 10.3. The molecule has 0 fully saturated rings. The Morgan fingerprint density at radius 2 is 1.88 bits per heavy atom. The lowest BCUT2D eigenvalue weighted by atomic mass is 10.0. The van der Waals surface area contributed by atoms with E-state index in [1.165, 1.54) is 58.9 Å². The number of rotatable bonds is 3. The van der Waals surface area contributed by atoms with Gasteiger partial charge in [-0.05, 0) is 48.9 Å². The molecule has 2 heterocycles. The van der Waals surface area contributed by atoms with E-state index in [1.54, 1.807) is 12.0 Å². The molecule has 0 saturated heterocycles. The van der Waals surface area contributed by atoms with Crippen molar-refractivity contribution in [3.63, 3.8) is 0 Å². The van der Waals surface area contributed by atoms with E-state index in [9.17, 15) is 5.21 Å². The van der Waals surface area contributed by atoms with Gasteiger partial charge in [0.05, 0.1) is 25.3 Å². The van der Waals surface area contributed by atoms with Gasteiger partial charge in [-0.25, -0.2) is 0 Å². The topological polar surface area (TPSA) is 35.9 Å². The molecule has 24 heavy (non-hydrogen) atoms. The fourth-order valence-corrected chi connectivity index (χ4v) is 5.17. The summed E-state index contributed by atoms with van der Waals surface area (Å²) in [4.78, 5) is 3.85. The van der Waals surface area contributed by atoms with Gasteiger partial charge in [-0.2, -0.15) is 5.06 Å². The highest BCUT2D eigenvalue weighted by Gasteiger charge is 2.29. The van der Waals surface area contributed by atoms with E-state index in [0.717, 1.165) is 12.3 Å². The molecule has 1 aromatic heterocycles. The number of fused-ring (bicyclic) bond motifs is 3. The Kier molecular flexibility index (Phi) is 4.48. The number of aryl methyl sites for hydroxylation is 1. The monoisotopic (exact) mass is 344 g/mol. The van der Waals surface area contributed by atoms with Gasteiger partial charge < -0.3 is 14.8 Å². The lowest BCUT2D eigenvalue weighted by molar-refractivity contribution is -0.103. The van der Waals surface area contributed by atoms with Crippen LogP contribution in [0.25, 0.3) is 0 Å². The lowest BCUT2D eigenvalue weighted by Gasteiger charge is -2.33. The van der Waals surface area contributed by atoms with Crippen LogP contribution >= 0.6 is 11.3 Å². The number of hydroxylamine groups is 2. The van der Waals surface area contributed by atoms with Gasteiger partial charge in [-0.3, -0.25) is 0 Å². The summed E-state index contributed by atoms with van der Waals surface area (Å²) in [6, 6.07) is 8.21. The molecule has 0 unspecified atom stereocenters. The van der Waals surface area contributed by atoms with Crippen LogP contribution in [0, 0.1) is 0 Å². The maximum absolute atomic E-state index is 10.3. The summed E-state index contributed by atoms with van der Waals surface area (Å²) in [6.45, 7) is 2.05. The first-order chi connectivity index (χ1) is 11.7. The number of hydrogen-bond acceptors (Lipinski definition) is 5. The predicted molar refractivity (Wildman–Crippen MR) is 97.0 cm³/mol. The minimum Gasteiger partial charge on any atom is -0.497 e. The van der Waals surface area contributed by atoms with Crippen molar-refractivity contribution in [3.05, 3.63) is 45.8 Å². The SMILES string of the molecule is COc1ccc(CN2CN(O)Cc3c2sc2c3CCCCC2)cc1. The molecule has 0 atom stereocenters. The molecule has 1 aliphatic heterocycles. The number of benzene rings is 1. The number of methoxy groups -OCH3 is 1. The van der Waals surface area contributed by atoms with Crippen molar-refractivity contribution in [2.75, 3.05) is 18.7 Å². The third-order valence-corrected chi connectivity index (χ3v) is 6.40. The molecule has 1 aromatic carbocycles. The van der Waals surface area contributed by atoms with Crippen molar-refractivity contribution in [3.8, 4) is 5.75 Å². The van der Waals surface area contributed by atoms with E-state index in [-0.39, 0.29) is 0 Å². The van der Waals surface area contributed by atoms with E-state index in [1.807, 2.05) is 23.5 Å². The smallest absolute Gasteiger partial charge is 0.118 e. The van der Waals surface area contributed by atoms with Gasteiger partial charge in [-0.1, -0.05) is 18.6 Å². The summed E-state index contributed by atoms with van der Waals surface area (Å²) in [5.41, 5.74) is 4.12. The second-order valence-corrected chi connectivity index (χ2v) is 7.78. The molecule has 4 rings (SSSR count). The van der Waals surface area contributed by atoms with Crippen molar-refractivity contribution in [2.45, 2.75) is 45.2 Å². The van der Waals surface area contributed by atoms with Crippen LogP contribution in [0.3, 0.4) is 0 Å². The number of nitrogens with zero attached hydrogens (tertiary/aromatic N) is 2. The van der Waals surface area contributed by atoms with Crippen molar-refractivity contribution >= 4 is 16.3 Å². The number of anilines is 1. The number of ether oxygens (including phenoxy) is 1. The highest BCUT2D eigenvalue weighted by molar-refractivity contribution is 7.16. The summed E-state index contributed by atoms with van der Waals surface area (Å²) in [5, 5.41) is 13.1. The molecule has 0 radical (unpaired) electrons. The molecule has 0 spiro atoms. The Morgan fingerprint density at radius 3 is 2.67 bits per heavy atom. The molecular weight excluding hydrogens is 320 g/mol. The average molecular weight is 344 g/mol. The molecular formula is C19H24N2O2S. The zero-order valence-electron chi connectivity index (χ0n) is 14.1. The van der Waals surface area contributed by atoms with Gasteiger partial charge in [0.15, 0.2) is 0 Å². The molecule has 2 aliphatic rings. The van der Waals surface area contributed by atoms with Crippen LogP contribution in [0.4, 0.5) is 5.00 Å². The average Bonchev–Trinajstić information content (AvgIpc) is 2.78. The molecule has 5 heteroatoms. The fraction of sp³-hybridized carbons (Fsp3) is 0.474. The molecule has 1 aliphatic carbocycles. The van der Waals surface area contributed by atoms with Crippen LogP contribution in [0.5, 0.6) is 5.75 Å². The van der Waals surface area contributed by atoms with Crippen LogP contribution in [-0.4, -0.2) is 24.0 Å². The fourth-order valence-electron chi connectivity index (χ4n) is 3.78. The van der Waals surface area contributed by atoms with Crippen molar-refractivity contribution in [2.24, 2.45) is 0 Å². The van der Waals surface area contributed by atoms with Gasteiger partial charge in [0.25, 0.3) is 0 Å². The maximum Gasteiger partial charge on any atom is 0.118 e. The largest absolute Gasteiger partial charge is 0.497 e. The first kappa shape index (κ1) is 15.9. The van der Waals surface area contributed by atoms with Crippen molar-refractivity contribution < 1.29 is 9.94 Å². The number of thiophene rings is 1. The number of hydrogen-bond donors (Lipinski definition) is 1. The Hall–Kier alpha value is -1.56. The molecule has 0 saturated carbocycles.